The van der Waals surface area contributed by atoms with Gasteiger partial charge >= 0.3 is 11.8 Å². The summed E-state index contributed by atoms with van der Waals surface area (Å²) >= 11 is 6.78. The van der Waals surface area contributed by atoms with E-state index in [0.717, 1.165) is 14.5 Å². The third-order valence-electron chi connectivity index (χ3n) is 4.34. The zero-order valence-corrected chi connectivity index (χ0v) is 21.0. The number of carbonyl (C=O) groups is 3. The molecule has 0 heterocycles. The minimum Gasteiger partial charge on any atom is -0.483 e. The van der Waals surface area contributed by atoms with Crippen LogP contribution in [0.5, 0.6) is 5.75 Å². The van der Waals surface area contributed by atoms with Crippen molar-refractivity contribution in [2.24, 2.45) is 5.10 Å². The summed E-state index contributed by atoms with van der Waals surface area (Å²) in [5, 5.41) is 9.15. The van der Waals surface area contributed by atoms with Crippen molar-refractivity contribution in [1.29, 1.82) is 0 Å². The molecule has 0 aromatic heterocycles. The Morgan fingerprint density at radius 1 is 1.12 bits per heavy atom. The minimum absolute atomic E-state index is 0.116. The Balaban J connectivity index is 1.97. The zero-order valence-electron chi connectivity index (χ0n) is 17.9. The molecule has 0 spiro atoms. The molecule has 3 amide bonds. The van der Waals surface area contributed by atoms with Gasteiger partial charge in [-0.05, 0) is 62.2 Å². The number of ether oxygens (including phenoxy) is 1. The number of rotatable bonds is 8. The summed E-state index contributed by atoms with van der Waals surface area (Å²) in [5.74, 6) is -1.57. The van der Waals surface area contributed by atoms with Crippen LogP contribution in [0.25, 0.3) is 0 Å². The molecule has 1 atom stereocenters. The SMILES string of the molecule is CC[C@@H](C)NC(=O)C(=O)N/N=C\c1cc(Br)ccc1OCC(=O)Nc1ccc(Br)c(C)c1. The normalized spacial score (nSPS) is 11.7. The van der Waals surface area contributed by atoms with Crippen LogP contribution >= 0.6 is 31.9 Å². The molecule has 2 aromatic carbocycles. The summed E-state index contributed by atoms with van der Waals surface area (Å²) in [5.41, 5.74) is 4.35. The molecule has 0 aliphatic carbocycles. The number of nitrogens with zero attached hydrogens (tertiary/aromatic N) is 1. The first-order chi connectivity index (χ1) is 15.2. The average molecular weight is 568 g/mol. The van der Waals surface area contributed by atoms with Crippen LogP contribution in [0.2, 0.25) is 0 Å². The third-order valence-corrected chi connectivity index (χ3v) is 5.72. The highest BCUT2D eigenvalue weighted by atomic mass is 79.9. The van der Waals surface area contributed by atoms with Crippen molar-refractivity contribution >= 4 is 61.5 Å². The Labute approximate surface area is 203 Å². The van der Waals surface area contributed by atoms with E-state index in [1.54, 1.807) is 31.2 Å². The van der Waals surface area contributed by atoms with E-state index in [-0.39, 0.29) is 18.6 Å². The Hall–Kier alpha value is -2.72. The van der Waals surface area contributed by atoms with Gasteiger partial charge in [-0.3, -0.25) is 14.4 Å². The van der Waals surface area contributed by atoms with Crippen molar-refractivity contribution in [1.82, 2.24) is 10.7 Å². The molecule has 8 nitrogen and oxygen atoms in total. The second-order valence-corrected chi connectivity index (χ2v) is 8.73. The van der Waals surface area contributed by atoms with E-state index >= 15 is 0 Å². The van der Waals surface area contributed by atoms with E-state index in [9.17, 15) is 14.4 Å². The van der Waals surface area contributed by atoms with E-state index in [1.165, 1.54) is 6.21 Å². The van der Waals surface area contributed by atoms with Gasteiger partial charge in [-0.15, -0.1) is 0 Å². The summed E-state index contributed by atoms with van der Waals surface area (Å²) in [7, 11) is 0. The highest BCUT2D eigenvalue weighted by Crippen LogP contribution is 2.22. The first kappa shape index (κ1) is 25.5. The molecule has 0 bridgehead atoms. The van der Waals surface area contributed by atoms with Crippen LogP contribution in [0.1, 0.15) is 31.4 Å². The molecule has 0 aliphatic rings. The predicted molar refractivity (Wildman–Crippen MR) is 131 cm³/mol. The minimum atomic E-state index is -0.872. The van der Waals surface area contributed by atoms with Gasteiger partial charge in [0.1, 0.15) is 5.75 Å². The molecule has 2 aromatic rings. The topological polar surface area (TPSA) is 109 Å². The monoisotopic (exact) mass is 566 g/mol. The number of aryl methyl sites for hydroxylation is 1. The Kier molecular flexibility index (Phi) is 9.86. The van der Waals surface area contributed by atoms with E-state index in [0.29, 0.717) is 23.4 Å². The van der Waals surface area contributed by atoms with Crippen LogP contribution in [-0.4, -0.2) is 36.6 Å². The second kappa shape index (κ2) is 12.4. The van der Waals surface area contributed by atoms with E-state index < -0.39 is 11.8 Å². The second-order valence-electron chi connectivity index (χ2n) is 6.96. The molecule has 0 saturated carbocycles. The van der Waals surface area contributed by atoms with Crippen molar-refractivity contribution in [3.8, 4) is 5.75 Å². The maximum absolute atomic E-state index is 12.3. The Bertz CT molecular complexity index is 1030. The fourth-order valence-corrected chi connectivity index (χ4v) is 3.04. The van der Waals surface area contributed by atoms with Gasteiger partial charge in [0.05, 0.1) is 6.21 Å². The van der Waals surface area contributed by atoms with Crippen molar-refractivity contribution in [2.75, 3.05) is 11.9 Å². The molecule has 0 unspecified atom stereocenters. The van der Waals surface area contributed by atoms with Crippen LogP contribution in [0, 0.1) is 6.92 Å². The van der Waals surface area contributed by atoms with Crippen molar-refractivity contribution < 1.29 is 19.1 Å². The number of benzene rings is 2. The lowest BCUT2D eigenvalue weighted by Gasteiger charge is -2.11. The summed E-state index contributed by atoms with van der Waals surface area (Å²) < 4.78 is 7.33. The summed E-state index contributed by atoms with van der Waals surface area (Å²) in [6.07, 6.45) is 2.04. The van der Waals surface area contributed by atoms with Crippen LogP contribution in [0.15, 0.2) is 50.4 Å². The molecular weight excluding hydrogens is 544 g/mol. The average Bonchev–Trinajstić information content (AvgIpc) is 2.75. The first-order valence-electron chi connectivity index (χ1n) is 9.81. The van der Waals surface area contributed by atoms with Gasteiger partial charge in [0, 0.05) is 26.2 Å². The predicted octanol–water partition coefficient (Wildman–Crippen LogP) is 3.90. The van der Waals surface area contributed by atoms with Crippen molar-refractivity contribution in [3.05, 3.63) is 56.5 Å². The van der Waals surface area contributed by atoms with Gasteiger partial charge in [0.25, 0.3) is 5.91 Å². The van der Waals surface area contributed by atoms with Gasteiger partial charge in [-0.25, -0.2) is 5.43 Å². The molecule has 32 heavy (non-hydrogen) atoms. The summed E-state index contributed by atoms with van der Waals surface area (Å²) in [6, 6.07) is 10.5. The third kappa shape index (κ3) is 8.08. The molecule has 3 N–H and O–H groups in total. The maximum Gasteiger partial charge on any atom is 0.329 e. The number of halogens is 2. The van der Waals surface area contributed by atoms with Crippen LogP contribution in [0.4, 0.5) is 5.69 Å². The van der Waals surface area contributed by atoms with Crippen LogP contribution < -0.4 is 20.8 Å². The number of anilines is 1. The van der Waals surface area contributed by atoms with E-state index in [1.807, 2.05) is 26.0 Å². The summed E-state index contributed by atoms with van der Waals surface area (Å²) in [4.78, 5) is 35.9. The fourth-order valence-electron chi connectivity index (χ4n) is 2.42. The lowest BCUT2D eigenvalue weighted by molar-refractivity contribution is -0.139. The largest absolute Gasteiger partial charge is 0.483 e. The lowest BCUT2D eigenvalue weighted by atomic mass is 10.2. The Morgan fingerprint density at radius 3 is 2.56 bits per heavy atom. The molecule has 170 valence electrons. The lowest BCUT2D eigenvalue weighted by Crippen LogP contribution is -2.41. The van der Waals surface area contributed by atoms with Gasteiger partial charge in [0.2, 0.25) is 0 Å². The number of carbonyl (C=O) groups excluding carboxylic acids is 3. The molecule has 2 rings (SSSR count). The van der Waals surface area contributed by atoms with Crippen molar-refractivity contribution in [3.63, 3.8) is 0 Å². The smallest absolute Gasteiger partial charge is 0.329 e. The Morgan fingerprint density at radius 2 is 1.88 bits per heavy atom. The summed E-state index contributed by atoms with van der Waals surface area (Å²) in [6.45, 7) is 5.40. The number of nitrogens with one attached hydrogen (secondary N) is 3. The molecule has 0 radical (unpaired) electrons. The number of amides is 3. The number of hydrogen-bond donors (Lipinski definition) is 3. The molecule has 10 heteroatoms. The quantitative estimate of drug-likeness (QED) is 0.255. The fraction of sp³-hybridized carbons (Fsp3) is 0.273. The van der Waals surface area contributed by atoms with E-state index in [2.05, 4.69) is 53.0 Å². The van der Waals surface area contributed by atoms with Gasteiger partial charge < -0.3 is 15.4 Å². The molecular formula is C22H24Br2N4O4. The molecule has 0 saturated heterocycles. The van der Waals surface area contributed by atoms with Gasteiger partial charge in [-0.1, -0.05) is 38.8 Å². The zero-order chi connectivity index (χ0) is 23.7. The molecule has 0 fully saturated rings. The number of hydrogen-bond acceptors (Lipinski definition) is 5. The van der Waals surface area contributed by atoms with Crippen molar-refractivity contribution in [2.45, 2.75) is 33.2 Å². The first-order valence-corrected chi connectivity index (χ1v) is 11.4. The molecule has 0 aliphatic heterocycles. The maximum atomic E-state index is 12.3. The highest BCUT2D eigenvalue weighted by Gasteiger charge is 2.14. The number of hydrazone groups is 1. The van der Waals surface area contributed by atoms with E-state index in [4.69, 9.17) is 4.74 Å². The standard InChI is InChI=1S/C22H24Br2N4O4/c1-4-14(3)26-21(30)22(31)28-25-11-15-10-16(23)5-8-19(15)32-12-20(29)27-17-6-7-18(24)13(2)9-17/h5-11,14H,4,12H2,1-3H3,(H,26,30)(H,27,29)(H,28,31)/b25-11-/t14-/m1/s1. The van der Waals surface area contributed by atoms with Crippen LogP contribution in [0.3, 0.4) is 0 Å². The van der Waals surface area contributed by atoms with Gasteiger partial charge in [0.15, 0.2) is 6.61 Å². The highest BCUT2D eigenvalue weighted by molar-refractivity contribution is 9.10. The van der Waals surface area contributed by atoms with Gasteiger partial charge in [-0.2, -0.15) is 5.10 Å². The van der Waals surface area contributed by atoms with Crippen LogP contribution in [-0.2, 0) is 14.4 Å².